The van der Waals surface area contributed by atoms with Crippen molar-refractivity contribution in [2.45, 2.75) is 25.6 Å². The van der Waals surface area contributed by atoms with Crippen LogP contribution in [0.25, 0.3) is 0 Å². The van der Waals surface area contributed by atoms with Crippen LogP contribution in [0.1, 0.15) is 18.4 Å². The molecule has 1 nitrogen and oxygen atoms in total. The SMILES string of the molecule is Fc1ccc(CN2CCC[C@@H](C(F)(F)F)C2)cc1. The molecule has 1 aromatic carbocycles. The highest BCUT2D eigenvalue weighted by molar-refractivity contribution is 5.16. The first-order valence-corrected chi connectivity index (χ1v) is 5.98. The number of benzene rings is 1. The van der Waals surface area contributed by atoms with E-state index in [9.17, 15) is 17.6 Å². The topological polar surface area (TPSA) is 3.24 Å². The van der Waals surface area contributed by atoms with Crippen molar-refractivity contribution >= 4 is 0 Å². The predicted octanol–water partition coefficient (Wildman–Crippen LogP) is 3.60. The summed E-state index contributed by atoms with van der Waals surface area (Å²) in [6, 6.07) is 5.90. The summed E-state index contributed by atoms with van der Waals surface area (Å²) in [5.74, 6) is -1.56. The standard InChI is InChI=1S/C13H15F4N/c14-12-5-3-10(4-6-12)8-18-7-1-2-11(9-18)13(15,16)17/h3-6,11H,1-2,7-9H2/t11-/m1/s1. The lowest BCUT2D eigenvalue weighted by molar-refractivity contribution is -0.187. The molecule has 5 heteroatoms. The molecule has 1 aliphatic rings. The van der Waals surface area contributed by atoms with E-state index in [2.05, 4.69) is 0 Å². The first-order chi connectivity index (χ1) is 8.45. The predicted molar refractivity (Wildman–Crippen MR) is 60.5 cm³/mol. The molecule has 1 aliphatic heterocycles. The summed E-state index contributed by atoms with van der Waals surface area (Å²) in [5.41, 5.74) is 0.847. The molecule has 1 saturated heterocycles. The van der Waals surface area contributed by atoms with E-state index in [1.54, 1.807) is 17.0 Å². The Bertz CT molecular complexity index is 385. The van der Waals surface area contributed by atoms with Crippen molar-refractivity contribution in [1.82, 2.24) is 4.90 Å². The fraction of sp³-hybridized carbons (Fsp3) is 0.538. The highest BCUT2D eigenvalue weighted by Gasteiger charge is 2.41. The lowest BCUT2D eigenvalue weighted by atomic mass is 9.97. The number of rotatable bonds is 2. The number of alkyl halides is 3. The minimum Gasteiger partial charge on any atom is -0.298 e. The van der Waals surface area contributed by atoms with Gasteiger partial charge in [0, 0.05) is 13.1 Å². The summed E-state index contributed by atoms with van der Waals surface area (Å²) >= 11 is 0. The third kappa shape index (κ3) is 3.45. The highest BCUT2D eigenvalue weighted by atomic mass is 19.4. The van der Waals surface area contributed by atoms with Gasteiger partial charge in [-0.15, -0.1) is 0 Å². The molecule has 2 rings (SSSR count). The molecule has 1 aromatic rings. The van der Waals surface area contributed by atoms with Crippen LogP contribution in [0.2, 0.25) is 0 Å². The summed E-state index contributed by atoms with van der Waals surface area (Å²) in [5, 5.41) is 0. The number of likely N-dealkylation sites (tertiary alicyclic amines) is 1. The van der Waals surface area contributed by atoms with E-state index in [1.165, 1.54) is 12.1 Å². The Labute approximate surface area is 103 Å². The minimum atomic E-state index is -4.11. The Morgan fingerprint density at radius 2 is 1.83 bits per heavy atom. The van der Waals surface area contributed by atoms with Crippen molar-refractivity contribution in [2.24, 2.45) is 5.92 Å². The van der Waals surface area contributed by atoms with Gasteiger partial charge in [-0.3, -0.25) is 4.90 Å². The molecule has 1 fully saturated rings. The number of hydrogen-bond acceptors (Lipinski definition) is 1. The first-order valence-electron chi connectivity index (χ1n) is 5.98. The van der Waals surface area contributed by atoms with E-state index in [-0.39, 0.29) is 18.8 Å². The molecule has 0 unspecified atom stereocenters. The Hall–Kier alpha value is -1.10. The van der Waals surface area contributed by atoms with Gasteiger partial charge in [0.25, 0.3) is 0 Å². The van der Waals surface area contributed by atoms with Gasteiger partial charge in [0.2, 0.25) is 0 Å². The maximum absolute atomic E-state index is 12.7. The second-order valence-electron chi connectivity index (χ2n) is 4.74. The Morgan fingerprint density at radius 1 is 1.17 bits per heavy atom. The Morgan fingerprint density at radius 3 is 2.44 bits per heavy atom. The van der Waals surface area contributed by atoms with Crippen LogP contribution in [0, 0.1) is 11.7 Å². The van der Waals surface area contributed by atoms with E-state index >= 15 is 0 Å². The molecule has 0 amide bonds. The molecule has 100 valence electrons. The third-order valence-corrected chi connectivity index (χ3v) is 3.29. The van der Waals surface area contributed by atoms with Gasteiger partial charge >= 0.3 is 6.18 Å². The van der Waals surface area contributed by atoms with E-state index < -0.39 is 12.1 Å². The second-order valence-corrected chi connectivity index (χ2v) is 4.74. The normalized spacial score (nSPS) is 22.1. The van der Waals surface area contributed by atoms with Gasteiger partial charge in [-0.05, 0) is 37.1 Å². The van der Waals surface area contributed by atoms with Crippen molar-refractivity contribution in [3.63, 3.8) is 0 Å². The maximum Gasteiger partial charge on any atom is 0.393 e. The molecular formula is C13H15F4N. The maximum atomic E-state index is 12.7. The summed E-state index contributed by atoms with van der Waals surface area (Å²) in [6.45, 7) is 1.16. The largest absolute Gasteiger partial charge is 0.393 e. The number of halogens is 4. The summed E-state index contributed by atoms with van der Waals surface area (Å²) in [4.78, 5) is 1.79. The number of piperidine rings is 1. The van der Waals surface area contributed by atoms with Gasteiger partial charge in [-0.2, -0.15) is 13.2 Å². The van der Waals surface area contributed by atoms with Crippen LogP contribution < -0.4 is 0 Å². The molecule has 1 atom stereocenters. The van der Waals surface area contributed by atoms with Gasteiger partial charge in [0.1, 0.15) is 5.82 Å². The fourth-order valence-electron chi connectivity index (χ4n) is 2.31. The number of hydrogen-bond donors (Lipinski definition) is 0. The van der Waals surface area contributed by atoms with E-state index in [0.717, 1.165) is 5.56 Å². The van der Waals surface area contributed by atoms with Gasteiger partial charge < -0.3 is 0 Å². The van der Waals surface area contributed by atoms with Gasteiger partial charge in [0.05, 0.1) is 5.92 Å². The van der Waals surface area contributed by atoms with E-state index in [4.69, 9.17) is 0 Å². The smallest absolute Gasteiger partial charge is 0.298 e. The first kappa shape index (κ1) is 13.3. The zero-order chi connectivity index (χ0) is 13.2. The summed E-state index contributed by atoms with van der Waals surface area (Å²) in [7, 11) is 0. The second kappa shape index (κ2) is 5.26. The van der Waals surface area contributed by atoms with E-state index in [1.807, 2.05) is 0 Å². The molecule has 0 aromatic heterocycles. The lowest BCUT2D eigenvalue weighted by Crippen LogP contribution is -2.41. The fourth-order valence-corrected chi connectivity index (χ4v) is 2.31. The summed E-state index contributed by atoms with van der Waals surface area (Å²) < 4.78 is 50.6. The van der Waals surface area contributed by atoms with Crippen LogP contribution in [0.15, 0.2) is 24.3 Å². The zero-order valence-electron chi connectivity index (χ0n) is 9.88. The van der Waals surface area contributed by atoms with Crippen molar-refractivity contribution in [3.05, 3.63) is 35.6 Å². The average Bonchev–Trinajstić information content (AvgIpc) is 2.31. The summed E-state index contributed by atoms with van der Waals surface area (Å²) in [6.07, 6.45) is -3.34. The molecule has 0 spiro atoms. The molecule has 0 aliphatic carbocycles. The molecule has 1 heterocycles. The zero-order valence-corrected chi connectivity index (χ0v) is 9.88. The third-order valence-electron chi connectivity index (χ3n) is 3.29. The van der Waals surface area contributed by atoms with Crippen LogP contribution in [-0.4, -0.2) is 24.2 Å². The molecule has 0 N–H and O–H groups in total. The van der Waals surface area contributed by atoms with Crippen LogP contribution in [0.5, 0.6) is 0 Å². The average molecular weight is 261 g/mol. The van der Waals surface area contributed by atoms with Crippen molar-refractivity contribution in [2.75, 3.05) is 13.1 Å². The Kier molecular flexibility index (Phi) is 3.90. The minimum absolute atomic E-state index is 0.0425. The van der Waals surface area contributed by atoms with Crippen LogP contribution in [0.3, 0.4) is 0 Å². The van der Waals surface area contributed by atoms with Crippen LogP contribution in [-0.2, 0) is 6.54 Å². The quantitative estimate of drug-likeness (QED) is 0.735. The van der Waals surface area contributed by atoms with Gasteiger partial charge in [0.15, 0.2) is 0 Å². The number of nitrogens with zero attached hydrogens (tertiary/aromatic N) is 1. The molecule has 0 saturated carbocycles. The molecular weight excluding hydrogens is 246 g/mol. The lowest BCUT2D eigenvalue weighted by Gasteiger charge is -2.33. The van der Waals surface area contributed by atoms with Gasteiger partial charge in [-0.25, -0.2) is 4.39 Å². The van der Waals surface area contributed by atoms with Gasteiger partial charge in [-0.1, -0.05) is 12.1 Å². The monoisotopic (exact) mass is 261 g/mol. The van der Waals surface area contributed by atoms with E-state index in [0.29, 0.717) is 19.5 Å². The van der Waals surface area contributed by atoms with Crippen molar-refractivity contribution < 1.29 is 17.6 Å². The van der Waals surface area contributed by atoms with Crippen molar-refractivity contribution in [1.29, 1.82) is 0 Å². The van der Waals surface area contributed by atoms with Crippen molar-refractivity contribution in [3.8, 4) is 0 Å². The molecule has 18 heavy (non-hydrogen) atoms. The Balaban J connectivity index is 1.95. The van der Waals surface area contributed by atoms with Crippen LogP contribution >= 0.6 is 0 Å². The molecule has 0 radical (unpaired) electrons. The highest BCUT2D eigenvalue weighted by Crippen LogP contribution is 2.33. The van der Waals surface area contributed by atoms with Crippen LogP contribution in [0.4, 0.5) is 17.6 Å². The molecule has 0 bridgehead atoms.